The van der Waals surface area contributed by atoms with E-state index in [-0.39, 0.29) is 18.7 Å². The first-order valence-electron chi connectivity index (χ1n) is 6.45. The van der Waals surface area contributed by atoms with Gasteiger partial charge in [-0.05, 0) is 37.8 Å². The molecule has 0 bridgehead atoms. The van der Waals surface area contributed by atoms with Crippen LogP contribution in [0.1, 0.15) is 25.7 Å². The molecule has 1 aromatic carbocycles. The lowest BCUT2D eigenvalue weighted by Gasteiger charge is -2.23. The average molecular weight is 249 g/mol. The van der Waals surface area contributed by atoms with Gasteiger partial charge in [0.05, 0.1) is 0 Å². The summed E-state index contributed by atoms with van der Waals surface area (Å²) < 4.78 is 5.33. The van der Waals surface area contributed by atoms with Gasteiger partial charge in [0.1, 0.15) is 5.75 Å². The van der Waals surface area contributed by atoms with E-state index in [0.717, 1.165) is 32.2 Å². The Balaban J connectivity index is 1.91. The van der Waals surface area contributed by atoms with Crippen molar-refractivity contribution in [2.45, 2.75) is 31.7 Å². The van der Waals surface area contributed by atoms with Crippen LogP contribution in [0.2, 0.25) is 0 Å². The second-order valence-electron chi connectivity index (χ2n) is 4.54. The van der Waals surface area contributed by atoms with Crippen LogP contribution in [0.3, 0.4) is 0 Å². The average Bonchev–Trinajstić information content (AvgIpc) is 2.86. The molecule has 1 aliphatic rings. The molecule has 4 nitrogen and oxygen atoms in total. The second-order valence-corrected chi connectivity index (χ2v) is 4.54. The van der Waals surface area contributed by atoms with Gasteiger partial charge in [-0.15, -0.1) is 0 Å². The van der Waals surface area contributed by atoms with Crippen molar-refractivity contribution in [3.8, 4) is 5.75 Å². The molecule has 98 valence electrons. The topological polar surface area (TPSA) is 49.8 Å². The molecule has 0 aromatic heterocycles. The number of ether oxygens (including phenoxy) is 1. The Morgan fingerprint density at radius 1 is 1.39 bits per heavy atom. The minimum atomic E-state index is -0.276. The molecule has 1 unspecified atom stereocenters. The van der Waals surface area contributed by atoms with Gasteiger partial charge < -0.3 is 14.7 Å². The lowest BCUT2D eigenvalue weighted by molar-refractivity contribution is 0.142. The number of aliphatic hydroxyl groups is 1. The number of nitrogens with zero attached hydrogens (tertiary/aromatic N) is 1. The zero-order chi connectivity index (χ0) is 12.8. The van der Waals surface area contributed by atoms with Crippen molar-refractivity contribution in [3.05, 3.63) is 30.3 Å². The van der Waals surface area contributed by atoms with Gasteiger partial charge in [-0.25, -0.2) is 4.79 Å². The fraction of sp³-hybridized carbons (Fsp3) is 0.500. The van der Waals surface area contributed by atoms with E-state index in [1.54, 1.807) is 17.0 Å². The summed E-state index contributed by atoms with van der Waals surface area (Å²) in [5.41, 5.74) is 0. The van der Waals surface area contributed by atoms with E-state index in [1.165, 1.54) is 0 Å². The van der Waals surface area contributed by atoms with Crippen LogP contribution in [0.25, 0.3) is 0 Å². The summed E-state index contributed by atoms with van der Waals surface area (Å²) in [6.45, 7) is 0.930. The van der Waals surface area contributed by atoms with Crippen molar-refractivity contribution in [2.24, 2.45) is 0 Å². The molecule has 0 radical (unpaired) electrons. The van der Waals surface area contributed by atoms with Crippen LogP contribution in [0, 0.1) is 0 Å². The van der Waals surface area contributed by atoms with Crippen molar-refractivity contribution in [3.63, 3.8) is 0 Å². The van der Waals surface area contributed by atoms with Crippen molar-refractivity contribution in [1.29, 1.82) is 0 Å². The van der Waals surface area contributed by atoms with Gasteiger partial charge in [0, 0.05) is 19.2 Å². The lowest BCUT2D eigenvalue weighted by Crippen LogP contribution is -2.37. The number of aliphatic hydroxyl groups excluding tert-OH is 1. The van der Waals surface area contributed by atoms with Crippen LogP contribution >= 0.6 is 0 Å². The first-order valence-corrected chi connectivity index (χ1v) is 6.45. The molecule has 4 heteroatoms. The summed E-state index contributed by atoms with van der Waals surface area (Å²) in [5.74, 6) is 0.579. The Morgan fingerprint density at radius 2 is 2.17 bits per heavy atom. The van der Waals surface area contributed by atoms with Crippen molar-refractivity contribution in [2.75, 3.05) is 13.2 Å². The summed E-state index contributed by atoms with van der Waals surface area (Å²) in [4.78, 5) is 13.8. The number of para-hydroxylation sites is 1. The normalized spacial score (nSPS) is 18.9. The first-order chi connectivity index (χ1) is 8.81. The van der Waals surface area contributed by atoms with Crippen molar-refractivity contribution >= 4 is 6.09 Å². The van der Waals surface area contributed by atoms with E-state index < -0.39 is 0 Å². The summed E-state index contributed by atoms with van der Waals surface area (Å²) in [6, 6.07) is 9.34. The van der Waals surface area contributed by atoms with E-state index in [4.69, 9.17) is 9.84 Å². The molecule has 1 aromatic rings. The number of carbonyl (C=O) groups excluding carboxylic acids is 1. The van der Waals surface area contributed by atoms with E-state index in [1.807, 2.05) is 18.2 Å². The molecule has 1 saturated heterocycles. The number of carbonyl (C=O) groups is 1. The highest BCUT2D eigenvalue weighted by Crippen LogP contribution is 2.23. The Hall–Kier alpha value is -1.55. The molecule has 0 spiro atoms. The third-order valence-corrected chi connectivity index (χ3v) is 3.26. The molecule has 1 heterocycles. The molecule has 1 aliphatic heterocycles. The van der Waals surface area contributed by atoms with Crippen LogP contribution in [-0.4, -0.2) is 35.3 Å². The van der Waals surface area contributed by atoms with Crippen molar-refractivity contribution < 1.29 is 14.6 Å². The van der Waals surface area contributed by atoms with Gasteiger partial charge in [0.25, 0.3) is 0 Å². The zero-order valence-electron chi connectivity index (χ0n) is 10.4. The molecule has 0 aliphatic carbocycles. The summed E-state index contributed by atoms with van der Waals surface area (Å²) in [6.07, 6.45) is 3.32. The van der Waals surface area contributed by atoms with Crippen LogP contribution in [-0.2, 0) is 0 Å². The molecule has 2 rings (SSSR count). The van der Waals surface area contributed by atoms with E-state index in [2.05, 4.69) is 0 Å². The fourth-order valence-electron chi connectivity index (χ4n) is 2.35. The molecule has 1 fully saturated rings. The maximum atomic E-state index is 12.0. The van der Waals surface area contributed by atoms with Crippen LogP contribution in [0.4, 0.5) is 4.79 Å². The summed E-state index contributed by atoms with van der Waals surface area (Å²) >= 11 is 0. The highest BCUT2D eigenvalue weighted by molar-refractivity contribution is 5.71. The molecule has 0 saturated carbocycles. The van der Waals surface area contributed by atoms with E-state index in [0.29, 0.717) is 5.75 Å². The monoisotopic (exact) mass is 249 g/mol. The molecule has 1 atom stereocenters. The third-order valence-electron chi connectivity index (χ3n) is 3.26. The van der Waals surface area contributed by atoms with E-state index >= 15 is 0 Å². The maximum Gasteiger partial charge on any atom is 0.415 e. The summed E-state index contributed by atoms with van der Waals surface area (Å²) in [5, 5.41) is 8.85. The lowest BCUT2D eigenvalue weighted by atomic mass is 10.1. The van der Waals surface area contributed by atoms with E-state index in [9.17, 15) is 4.79 Å². The Bertz CT molecular complexity index is 380. The molecule has 18 heavy (non-hydrogen) atoms. The number of amides is 1. The predicted octanol–water partition coefficient (Wildman–Crippen LogP) is 2.42. The number of rotatable bonds is 4. The number of benzene rings is 1. The smallest absolute Gasteiger partial charge is 0.410 e. The van der Waals surface area contributed by atoms with Gasteiger partial charge in [-0.3, -0.25) is 0 Å². The highest BCUT2D eigenvalue weighted by atomic mass is 16.6. The SMILES string of the molecule is O=C(Oc1ccccc1)N1CCCC1CCCO. The highest BCUT2D eigenvalue weighted by Gasteiger charge is 2.29. The van der Waals surface area contributed by atoms with Gasteiger partial charge in [0.2, 0.25) is 0 Å². The van der Waals surface area contributed by atoms with Gasteiger partial charge in [-0.1, -0.05) is 18.2 Å². The van der Waals surface area contributed by atoms with Gasteiger partial charge in [0.15, 0.2) is 0 Å². The third kappa shape index (κ3) is 3.23. The fourth-order valence-corrected chi connectivity index (χ4v) is 2.35. The molecule has 1 amide bonds. The zero-order valence-corrected chi connectivity index (χ0v) is 10.4. The maximum absolute atomic E-state index is 12.0. The quantitative estimate of drug-likeness (QED) is 0.891. The Morgan fingerprint density at radius 3 is 2.89 bits per heavy atom. The standard InChI is InChI=1S/C14H19NO3/c16-11-5-7-12-6-4-10-15(12)14(17)18-13-8-2-1-3-9-13/h1-3,8-9,12,16H,4-7,10-11H2. The largest absolute Gasteiger partial charge is 0.415 e. The Kier molecular flexibility index (Phi) is 4.59. The number of hydrogen-bond acceptors (Lipinski definition) is 3. The van der Waals surface area contributed by atoms with Crippen LogP contribution in [0.5, 0.6) is 5.75 Å². The van der Waals surface area contributed by atoms with Crippen LogP contribution < -0.4 is 4.74 Å². The first kappa shape index (κ1) is 12.9. The molecular formula is C14H19NO3. The molecule has 1 N–H and O–H groups in total. The number of hydrogen-bond donors (Lipinski definition) is 1. The minimum absolute atomic E-state index is 0.179. The molecular weight excluding hydrogens is 230 g/mol. The Labute approximate surface area is 107 Å². The van der Waals surface area contributed by atoms with Gasteiger partial charge in [-0.2, -0.15) is 0 Å². The summed E-state index contributed by atoms with van der Waals surface area (Å²) in [7, 11) is 0. The van der Waals surface area contributed by atoms with Crippen molar-refractivity contribution in [1.82, 2.24) is 4.90 Å². The number of likely N-dealkylation sites (tertiary alicyclic amines) is 1. The predicted molar refractivity (Wildman–Crippen MR) is 68.5 cm³/mol. The van der Waals surface area contributed by atoms with Crippen LogP contribution in [0.15, 0.2) is 30.3 Å². The minimum Gasteiger partial charge on any atom is -0.410 e. The van der Waals surface area contributed by atoms with Gasteiger partial charge >= 0.3 is 6.09 Å². The second kappa shape index (κ2) is 6.40.